The first-order valence-electron chi connectivity index (χ1n) is 4.11. The molecule has 0 N–H and O–H groups in total. The van der Waals surface area contributed by atoms with E-state index in [1.165, 1.54) is 10.5 Å². The van der Waals surface area contributed by atoms with E-state index >= 15 is 0 Å². The lowest BCUT2D eigenvalue weighted by Gasteiger charge is -2.13. The van der Waals surface area contributed by atoms with Crippen LogP contribution in [0.3, 0.4) is 0 Å². The van der Waals surface area contributed by atoms with Crippen molar-refractivity contribution in [1.29, 1.82) is 0 Å². The Morgan fingerprint density at radius 3 is 2.43 bits per heavy atom. The third-order valence-corrected chi connectivity index (χ3v) is 2.08. The van der Waals surface area contributed by atoms with Gasteiger partial charge in [0.1, 0.15) is 0 Å². The zero-order valence-electron chi connectivity index (χ0n) is 8.04. The van der Waals surface area contributed by atoms with Gasteiger partial charge in [-0.15, -0.1) is 0 Å². The molecule has 72 valence electrons. The minimum atomic E-state index is -0.231. The highest BCUT2D eigenvalue weighted by Gasteiger charge is 2.06. The van der Waals surface area contributed by atoms with Gasteiger partial charge in [-0.05, 0) is 23.9 Å². The van der Waals surface area contributed by atoms with Gasteiger partial charge in [0.2, 0.25) is 0 Å². The van der Waals surface area contributed by atoms with Crippen LogP contribution in [0, 0.1) is 17.7 Å². The largest absolute Gasteiger partial charge is 0.305 e. The highest BCUT2D eigenvalue weighted by atomic mass is 79.9. The maximum absolute atomic E-state index is 11.4. The van der Waals surface area contributed by atoms with E-state index in [9.17, 15) is 4.79 Å². The van der Waals surface area contributed by atoms with E-state index in [1.807, 2.05) is 31.2 Å². The van der Waals surface area contributed by atoms with Crippen LogP contribution in [-0.2, 0) is 4.79 Å². The molecule has 1 aromatic rings. The van der Waals surface area contributed by atoms with Crippen LogP contribution in [0.1, 0.15) is 5.56 Å². The lowest BCUT2D eigenvalue weighted by molar-refractivity contribution is -0.113. The van der Waals surface area contributed by atoms with Gasteiger partial charge in [-0.2, -0.15) is 0 Å². The summed E-state index contributed by atoms with van der Waals surface area (Å²) in [5, 5.41) is 0. The van der Waals surface area contributed by atoms with E-state index in [-0.39, 0.29) is 5.91 Å². The van der Waals surface area contributed by atoms with Gasteiger partial charge >= 0.3 is 5.91 Å². The fourth-order valence-corrected chi connectivity index (χ4v) is 1.18. The van der Waals surface area contributed by atoms with Crippen LogP contribution in [0.25, 0.3) is 0 Å². The van der Waals surface area contributed by atoms with Crippen molar-refractivity contribution >= 4 is 27.5 Å². The quantitative estimate of drug-likeness (QED) is 0.702. The predicted molar refractivity (Wildman–Crippen MR) is 61.3 cm³/mol. The van der Waals surface area contributed by atoms with Gasteiger partial charge < -0.3 is 4.90 Å². The summed E-state index contributed by atoms with van der Waals surface area (Å²) in [5.41, 5.74) is 2.01. The van der Waals surface area contributed by atoms with Crippen molar-refractivity contribution in [2.24, 2.45) is 0 Å². The summed E-state index contributed by atoms with van der Waals surface area (Å²) in [6.45, 7) is 2.00. The Kier molecular flexibility index (Phi) is 3.73. The second kappa shape index (κ2) is 4.83. The molecule has 0 spiro atoms. The molecule has 0 aliphatic heterocycles. The molecule has 0 bridgehead atoms. The fourth-order valence-electron chi connectivity index (χ4n) is 1.01. The number of anilines is 1. The molecule has 0 atom stereocenters. The number of hydrogen-bond acceptors (Lipinski definition) is 1. The van der Waals surface area contributed by atoms with Crippen LogP contribution in [0.15, 0.2) is 24.3 Å². The normalized spacial score (nSPS) is 8.79. The summed E-state index contributed by atoms with van der Waals surface area (Å²) < 4.78 is 0. The molecule has 0 radical (unpaired) electrons. The SMILES string of the molecule is Cc1ccc(N(C)C(=O)C#CBr)cc1. The summed E-state index contributed by atoms with van der Waals surface area (Å²) in [6.07, 6.45) is 0. The lowest BCUT2D eigenvalue weighted by atomic mass is 10.2. The number of aryl methyl sites for hydroxylation is 1. The van der Waals surface area contributed by atoms with Gasteiger partial charge in [0.05, 0.1) is 0 Å². The molecular weight excluding hydrogens is 242 g/mol. The molecule has 14 heavy (non-hydrogen) atoms. The minimum absolute atomic E-state index is 0.231. The first-order valence-corrected chi connectivity index (χ1v) is 4.90. The smallest absolute Gasteiger partial charge is 0.303 e. The van der Waals surface area contributed by atoms with E-state index in [0.717, 1.165) is 5.69 Å². The molecule has 0 saturated heterocycles. The lowest BCUT2D eigenvalue weighted by Crippen LogP contribution is -2.24. The van der Waals surface area contributed by atoms with Crippen molar-refractivity contribution in [2.75, 3.05) is 11.9 Å². The number of nitrogens with zero attached hydrogens (tertiary/aromatic N) is 1. The zero-order valence-corrected chi connectivity index (χ0v) is 9.63. The summed E-state index contributed by atoms with van der Waals surface area (Å²) >= 11 is 2.89. The molecule has 0 aromatic heterocycles. The maximum Gasteiger partial charge on any atom is 0.303 e. The van der Waals surface area contributed by atoms with Crippen molar-refractivity contribution in [3.05, 3.63) is 29.8 Å². The van der Waals surface area contributed by atoms with Crippen molar-refractivity contribution in [3.8, 4) is 10.8 Å². The Balaban J connectivity index is 2.87. The molecule has 2 nitrogen and oxygen atoms in total. The number of carbonyl (C=O) groups excluding carboxylic acids is 1. The molecule has 0 unspecified atom stereocenters. The number of benzene rings is 1. The summed E-state index contributed by atoms with van der Waals surface area (Å²) in [5.74, 6) is 2.18. The molecule has 0 saturated carbocycles. The van der Waals surface area contributed by atoms with E-state index in [4.69, 9.17) is 0 Å². The molecule has 0 aliphatic rings. The second-order valence-corrected chi connectivity index (χ2v) is 3.32. The number of rotatable bonds is 1. The molecule has 0 heterocycles. The monoisotopic (exact) mass is 251 g/mol. The second-order valence-electron chi connectivity index (χ2n) is 2.92. The Morgan fingerprint density at radius 1 is 1.36 bits per heavy atom. The predicted octanol–water partition coefficient (Wildman–Crippen LogP) is 2.31. The van der Waals surface area contributed by atoms with E-state index < -0.39 is 0 Å². The first kappa shape index (κ1) is 10.8. The summed E-state index contributed by atoms with van der Waals surface area (Å²) in [6, 6.07) is 7.70. The van der Waals surface area contributed by atoms with E-state index in [0.29, 0.717) is 0 Å². The van der Waals surface area contributed by atoms with Gasteiger partial charge in [-0.25, -0.2) is 0 Å². The van der Waals surface area contributed by atoms with Gasteiger partial charge in [-0.1, -0.05) is 17.7 Å². The van der Waals surface area contributed by atoms with Crippen molar-refractivity contribution < 1.29 is 4.79 Å². The van der Waals surface area contributed by atoms with Crippen molar-refractivity contribution in [3.63, 3.8) is 0 Å². The Morgan fingerprint density at radius 2 is 1.93 bits per heavy atom. The highest BCUT2D eigenvalue weighted by molar-refractivity contribution is 9.12. The summed E-state index contributed by atoms with van der Waals surface area (Å²) in [4.78, 5) is 15.3. The van der Waals surface area contributed by atoms with Gasteiger partial charge in [0.25, 0.3) is 0 Å². The maximum atomic E-state index is 11.4. The van der Waals surface area contributed by atoms with Crippen LogP contribution in [0.5, 0.6) is 0 Å². The molecule has 0 aliphatic carbocycles. The van der Waals surface area contributed by atoms with Crippen LogP contribution in [-0.4, -0.2) is 13.0 Å². The molecule has 1 rings (SSSR count). The standard InChI is InChI=1S/C11H10BrNO/c1-9-3-5-10(6-4-9)13(2)11(14)7-8-12/h3-6H,1-2H3. The molecule has 0 fully saturated rings. The first-order chi connectivity index (χ1) is 6.65. The average molecular weight is 252 g/mol. The van der Waals surface area contributed by atoms with Crippen molar-refractivity contribution in [2.45, 2.75) is 6.92 Å². The average Bonchev–Trinajstić information content (AvgIpc) is 2.18. The molecule has 1 aromatic carbocycles. The number of hydrogen-bond donors (Lipinski definition) is 0. The van der Waals surface area contributed by atoms with Gasteiger partial charge in [0.15, 0.2) is 0 Å². The number of carbonyl (C=O) groups is 1. The van der Waals surface area contributed by atoms with Crippen LogP contribution >= 0.6 is 15.9 Å². The van der Waals surface area contributed by atoms with Gasteiger partial charge in [-0.3, -0.25) is 4.79 Å². The third-order valence-electron chi connectivity index (χ3n) is 1.88. The number of halogens is 1. The molecular formula is C11H10BrNO. The molecule has 1 amide bonds. The molecule has 3 heteroatoms. The van der Waals surface area contributed by atoms with Crippen molar-refractivity contribution in [1.82, 2.24) is 0 Å². The van der Waals surface area contributed by atoms with Crippen LogP contribution < -0.4 is 4.90 Å². The number of amides is 1. The van der Waals surface area contributed by atoms with Crippen LogP contribution in [0.4, 0.5) is 5.69 Å². The Hall–Kier alpha value is -1.27. The summed E-state index contributed by atoms with van der Waals surface area (Å²) in [7, 11) is 1.70. The minimum Gasteiger partial charge on any atom is -0.305 e. The Labute approximate surface area is 92.0 Å². The third kappa shape index (κ3) is 2.61. The topological polar surface area (TPSA) is 20.3 Å². The van der Waals surface area contributed by atoms with Gasteiger partial charge in [0, 0.05) is 34.6 Å². The highest BCUT2D eigenvalue weighted by Crippen LogP contribution is 2.12. The van der Waals surface area contributed by atoms with E-state index in [1.54, 1.807) is 7.05 Å². The van der Waals surface area contributed by atoms with Crippen LogP contribution in [0.2, 0.25) is 0 Å². The fraction of sp³-hybridized carbons (Fsp3) is 0.182. The zero-order chi connectivity index (χ0) is 10.6. The van der Waals surface area contributed by atoms with E-state index in [2.05, 4.69) is 26.7 Å². The Bertz CT molecular complexity index is 386.